The molecule has 0 spiro atoms. The molecule has 0 aliphatic rings. The number of phenols is 1. The molecular formula is C11H10ClNO3. The maximum atomic E-state index is 10.5. The summed E-state index contributed by atoms with van der Waals surface area (Å²) in [4.78, 5) is 10.5. The summed E-state index contributed by atoms with van der Waals surface area (Å²) in [6.45, 7) is 0.364. The van der Waals surface area contributed by atoms with Crippen LogP contribution in [0, 0.1) is 0 Å². The second kappa shape index (κ2) is 4.06. The zero-order valence-corrected chi connectivity index (χ0v) is 9.11. The third kappa shape index (κ3) is 1.97. The molecule has 0 unspecified atom stereocenters. The number of aryl methyl sites for hydroxylation is 1. The third-order valence-electron chi connectivity index (χ3n) is 2.38. The van der Waals surface area contributed by atoms with Crippen LogP contribution in [0.5, 0.6) is 5.75 Å². The van der Waals surface area contributed by atoms with Gasteiger partial charge in [-0.15, -0.1) is 0 Å². The van der Waals surface area contributed by atoms with E-state index in [9.17, 15) is 9.90 Å². The number of hydrogen-bond donors (Lipinski definition) is 2. The number of halogens is 1. The quantitative estimate of drug-likeness (QED) is 0.865. The number of hydrogen-bond acceptors (Lipinski definition) is 2. The highest BCUT2D eigenvalue weighted by molar-refractivity contribution is 6.35. The first-order valence-electron chi connectivity index (χ1n) is 4.77. The van der Waals surface area contributed by atoms with Crippen molar-refractivity contribution in [2.75, 3.05) is 0 Å². The maximum absolute atomic E-state index is 10.5. The highest BCUT2D eigenvalue weighted by Crippen LogP contribution is 2.28. The molecule has 0 amide bonds. The van der Waals surface area contributed by atoms with Crippen LogP contribution < -0.4 is 0 Å². The van der Waals surface area contributed by atoms with Crippen LogP contribution >= 0.6 is 11.6 Å². The fourth-order valence-corrected chi connectivity index (χ4v) is 1.91. The van der Waals surface area contributed by atoms with Crippen molar-refractivity contribution in [3.05, 3.63) is 29.4 Å². The number of phenolic OH excluding ortho intramolecular Hbond substituents is 1. The SMILES string of the molecule is O=C(O)CCn1cc(Cl)c2cc(O)ccc21. The monoisotopic (exact) mass is 239 g/mol. The zero-order valence-electron chi connectivity index (χ0n) is 8.35. The Labute approximate surface area is 96.7 Å². The van der Waals surface area contributed by atoms with Crippen molar-refractivity contribution in [3.8, 4) is 5.75 Å². The van der Waals surface area contributed by atoms with E-state index in [0.717, 1.165) is 10.9 Å². The Bertz CT molecular complexity index is 547. The number of aromatic hydroxyl groups is 1. The highest BCUT2D eigenvalue weighted by atomic mass is 35.5. The minimum absolute atomic E-state index is 0.0426. The molecule has 5 heteroatoms. The summed E-state index contributed by atoms with van der Waals surface area (Å²) < 4.78 is 1.77. The molecule has 2 rings (SSSR count). The molecule has 4 nitrogen and oxygen atoms in total. The van der Waals surface area contributed by atoms with E-state index in [2.05, 4.69) is 0 Å². The van der Waals surface area contributed by atoms with Crippen molar-refractivity contribution < 1.29 is 15.0 Å². The van der Waals surface area contributed by atoms with Gasteiger partial charge in [0, 0.05) is 23.6 Å². The van der Waals surface area contributed by atoms with Gasteiger partial charge in [0.25, 0.3) is 0 Å². The molecule has 0 aliphatic carbocycles. The molecule has 0 radical (unpaired) electrons. The number of aromatic nitrogens is 1. The molecule has 16 heavy (non-hydrogen) atoms. The zero-order chi connectivity index (χ0) is 11.7. The second-order valence-corrected chi connectivity index (χ2v) is 3.92. The number of nitrogens with zero attached hydrogens (tertiary/aromatic N) is 1. The molecule has 0 saturated heterocycles. The number of carbonyl (C=O) groups is 1. The maximum Gasteiger partial charge on any atom is 0.305 e. The van der Waals surface area contributed by atoms with E-state index in [0.29, 0.717) is 11.6 Å². The largest absolute Gasteiger partial charge is 0.508 e. The van der Waals surface area contributed by atoms with E-state index in [1.165, 1.54) is 0 Å². The average Bonchev–Trinajstić information content (AvgIpc) is 2.53. The van der Waals surface area contributed by atoms with Crippen molar-refractivity contribution in [2.24, 2.45) is 0 Å². The van der Waals surface area contributed by atoms with Gasteiger partial charge in [0.15, 0.2) is 0 Å². The van der Waals surface area contributed by atoms with Gasteiger partial charge in [0.2, 0.25) is 0 Å². The van der Waals surface area contributed by atoms with E-state index in [1.807, 2.05) is 0 Å². The van der Waals surface area contributed by atoms with E-state index in [1.54, 1.807) is 29.0 Å². The molecule has 0 saturated carbocycles. The Balaban J connectivity index is 2.43. The third-order valence-corrected chi connectivity index (χ3v) is 2.68. The van der Waals surface area contributed by atoms with Crippen molar-refractivity contribution in [2.45, 2.75) is 13.0 Å². The van der Waals surface area contributed by atoms with Crippen molar-refractivity contribution >= 4 is 28.5 Å². The van der Waals surface area contributed by atoms with Gasteiger partial charge in [-0.05, 0) is 18.2 Å². The molecule has 0 aliphatic heterocycles. The number of fused-ring (bicyclic) bond motifs is 1. The molecule has 0 atom stereocenters. The molecule has 0 bridgehead atoms. The normalized spacial score (nSPS) is 10.8. The molecular weight excluding hydrogens is 230 g/mol. The van der Waals surface area contributed by atoms with E-state index < -0.39 is 5.97 Å². The Morgan fingerprint density at radius 1 is 1.44 bits per heavy atom. The fraction of sp³-hybridized carbons (Fsp3) is 0.182. The van der Waals surface area contributed by atoms with Crippen LogP contribution in [0.15, 0.2) is 24.4 Å². The number of aliphatic carboxylic acids is 1. The Kier molecular flexibility index (Phi) is 2.75. The smallest absolute Gasteiger partial charge is 0.305 e. The van der Waals surface area contributed by atoms with Crippen molar-refractivity contribution in [1.29, 1.82) is 0 Å². The average molecular weight is 240 g/mol. The number of rotatable bonds is 3. The predicted octanol–water partition coefficient (Wildman–Crippen LogP) is 2.48. The molecule has 1 aromatic carbocycles. The van der Waals surface area contributed by atoms with Gasteiger partial charge >= 0.3 is 5.97 Å². The molecule has 0 fully saturated rings. The van der Waals surface area contributed by atoms with Gasteiger partial charge in [-0.2, -0.15) is 0 Å². The highest BCUT2D eigenvalue weighted by Gasteiger charge is 2.08. The van der Waals surface area contributed by atoms with Crippen LogP contribution in [0.2, 0.25) is 5.02 Å². The van der Waals surface area contributed by atoms with Crippen LogP contribution in [0.1, 0.15) is 6.42 Å². The summed E-state index contributed by atoms with van der Waals surface area (Å²) in [5.74, 6) is -0.706. The lowest BCUT2D eigenvalue weighted by molar-refractivity contribution is -0.137. The van der Waals surface area contributed by atoms with Crippen LogP contribution in [0.4, 0.5) is 0 Å². The summed E-state index contributed by atoms with van der Waals surface area (Å²) in [5, 5.41) is 19.2. The van der Waals surface area contributed by atoms with E-state index in [-0.39, 0.29) is 12.2 Å². The van der Waals surface area contributed by atoms with E-state index >= 15 is 0 Å². The first-order valence-corrected chi connectivity index (χ1v) is 5.15. The lowest BCUT2D eigenvalue weighted by Crippen LogP contribution is -2.03. The fourth-order valence-electron chi connectivity index (χ4n) is 1.64. The van der Waals surface area contributed by atoms with Crippen molar-refractivity contribution in [1.82, 2.24) is 4.57 Å². The Hall–Kier alpha value is -1.68. The minimum atomic E-state index is -0.850. The molecule has 2 aromatic rings. The first kappa shape index (κ1) is 10.8. The van der Waals surface area contributed by atoms with Gasteiger partial charge in [-0.3, -0.25) is 4.79 Å². The molecule has 1 aromatic heterocycles. The number of carboxylic acid groups (broad SMARTS) is 1. The van der Waals surface area contributed by atoms with Gasteiger partial charge in [0.1, 0.15) is 5.75 Å². The summed E-state index contributed by atoms with van der Waals surface area (Å²) in [6, 6.07) is 4.84. The summed E-state index contributed by atoms with van der Waals surface area (Å²) in [6.07, 6.45) is 1.72. The van der Waals surface area contributed by atoms with Gasteiger partial charge in [0.05, 0.1) is 11.4 Å². The number of benzene rings is 1. The Morgan fingerprint density at radius 3 is 2.88 bits per heavy atom. The molecule has 2 N–H and O–H groups in total. The number of carboxylic acids is 1. The van der Waals surface area contributed by atoms with Gasteiger partial charge < -0.3 is 14.8 Å². The topological polar surface area (TPSA) is 62.5 Å². The molecule has 1 heterocycles. The predicted molar refractivity (Wildman–Crippen MR) is 60.9 cm³/mol. The summed E-state index contributed by atoms with van der Waals surface area (Å²) in [5.41, 5.74) is 0.823. The lowest BCUT2D eigenvalue weighted by Gasteiger charge is -2.02. The summed E-state index contributed by atoms with van der Waals surface area (Å²) >= 11 is 5.99. The van der Waals surface area contributed by atoms with Crippen LogP contribution in [-0.2, 0) is 11.3 Å². The minimum Gasteiger partial charge on any atom is -0.508 e. The van der Waals surface area contributed by atoms with Crippen LogP contribution in [0.25, 0.3) is 10.9 Å². The van der Waals surface area contributed by atoms with Crippen LogP contribution in [-0.4, -0.2) is 20.7 Å². The second-order valence-electron chi connectivity index (χ2n) is 3.52. The van der Waals surface area contributed by atoms with Crippen molar-refractivity contribution in [3.63, 3.8) is 0 Å². The Morgan fingerprint density at radius 2 is 2.19 bits per heavy atom. The summed E-state index contributed by atoms with van der Waals surface area (Å²) in [7, 11) is 0. The lowest BCUT2D eigenvalue weighted by atomic mass is 10.2. The molecule has 84 valence electrons. The standard InChI is InChI=1S/C11H10ClNO3/c12-9-6-13(4-3-11(15)16)10-2-1-7(14)5-8(9)10/h1-2,5-6,14H,3-4H2,(H,15,16). The first-order chi connectivity index (χ1) is 7.58. The van der Waals surface area contributed by atoms with Crippen LogP contribution in [0.3, 0.4) is 0 Å². The van der Waals surface area contributed by atoms with E-state index in [4.69, 9.17) is 16.7 Å². The van der Waals surface area contributed by atoms with Gasteiger partial charge in [-0.25, -0.2) is 0 Å². The van der Waals surface area contributed by atoms with Gasteiger partial charge in [-0.1, -0.05) is 11.6 Å².